The van der Waals surface area contributed by atoms with Crippen LogP contribution in [0.15, 0.2) is 34.9 Å². The van der Waals surface area contributed by atoms with Crippen molar-refractivity contribution in [2.24, 2.45) is 5.10 Å². The molecule has 0 spiro atoms. The third-order valence-corrected chi connectivity index (χ3v) is 4.00. The van der Waals surface area contributed by atoms with Gasteiger partial charge in [-0.25, -0.2) is 4.98 Å². The fraction of sp³-hybridized carbons (Fsp3) is 0.0769. The molecule has 122 valence electrons. The van der Waals surface area contributed by atoms with Crippen molar-refractivity contribution in [2.45, 2.75) is 6.92 Å². The fourth-order valence-electron chi connectivity index (χ4n) is 2.11. The molecule has 3 rings (SSSR count). The van der Waals surface area contributed by atoms with E-state index in [1.165, 1.54) is 29.7 Å². The predicted octanol–water partition coefficient (Wildman–Crippen LogP) is 2.97. The number of imidazole rings is 1. The lowest BCUT2D eigenvalue weighted by molar-refractivity contribution is -0.393. The van der Waals surface area contributed by atoms with Gasteiger partial charge in [0.15, 0.2) is 4.96 Å². The highest BCUT2D eigenvalue weighted by atomic mass is 32.1. The van der Waals surface area contributed by atoms with Crippen LogP contribution >= 0.6 is 11.3 Å². The van der Waals surface area contributed by atoms with E-state index in [4.69, 9.17) is 0 Å². The maximum Gasteiger partial charge on any atom is 0.301 e. The number of anilines is 1. The third kappa shape index (κ3) is 2.79. The van der Waals surface area contributed by atoms with Crippen LogP contribution in [-0.4, -0.2) is 25.4 Å². The van der Waals surface area contributed by atoms with Crippen molar-refractivity contribution in [1.29, 1.82) is 0 Å². The lowest BCUT2D eigenvalue weighted by atomic mass is 10.2. The van der Waals surface area contributed by atoms with Crippen molar-refractivity contribution in [3.05, 3.63) is 61.4 Å². The molecule has 0 amide bonds. The van der Waals surface area contributed by atoms with Gasteiger partial charge in [-0.2, -0.15) is 5.10 Å². The molecule has 0 aliphatic carbocycles. The van der Waals surface area contributed by atoms with Gasteiger partial charge in [-0.1, -0.05) is 0 Å². The third-order valence-electron chi connectivity index (χ3n) is 3.24. The number of aromatic nitrogens is 2. The van der Waals surface area contributed by atoms with Crippen LogP contribution in [0.1, 0.15) is 11.4 Å². The summed E-state index contributed by atoms with van der Waals surface area (Å²) in [6.45, 7) is 1.83. The fourth-order valence-corrected chi connectivity index (χ4v) is 2.88. The minimum absolute atomic E-state index is 0.0607. The number of rotatable bonds is 5. The first-order valence-electron chi connectivity index (χ1n) is 6.61. The predicted molar refractivity (Wildman–Crippen MR) is 88.8 cm³/mol. The Bertz CT molecular complexity index is 976. The molecule has 11 heteroatoms. The monoisotopic (exact) mass is 346 g/mol. The zero-order chi connectivity index (χ0) is 17.3. The van der Waals surface area contributed by atoms with E-state index in [1.807, 2.05) is 22.9 Å². The summed E-state index contributed by atoms with van der Waals surface area (Å²) in [5, 5.41) is 27.6. The number of aryl methyl sites for hydroxylation is 1. The number of non-ortho nitro benzene ring substituents is 1. The van der Waals surface area contributed by atoms with Crippen LogP contribution in [0.4, 0.5) is 17.1 Å². The molecular weight excluding hydrogens is 336 g/mol. The van der Waals surface area contributed by atoms with Gasteiger partial charge in [0.1, 0.15) is 5.69 Å². The molecule has 24 heavy (non-hydrogen) atoms. The second kappa shape index (κ2) is 6.04. The molecule has 0 atom stereocenters. The lowest BCUT2D eigenvalue weighted by Gasteiger charge is -2.02. The largest absolute Gasteiger partial charge is 0.301 e. The maximum atomic E-state index is 11.1. The number of nitrogens with one attached hydrogen (secondary N) is 1. The van der Waals surface area contributed by atoms with Gasteiger partial charge in [-0.05, 0) is 13.0 Å². The minimum Gasteiger partial charge on any atom is -0.289 e. The minimum atomic E-state index is -0.702. The van der Waals surface area contributed by atoms with Gasteiger partial charge in [0.25, 0.3) is 5.69 Å². The molecular formula is C13H10N6O4S. The van der Waals surface area contributed by atoms with Crippen LogP contribution in [0.3, 0.4) is 0 Å². The van der Waals surface area contributed by atoms with Gasteiger partial charge in [0.05, 0.1) is 33.5 Å². The summed E-state index contributed by atoms with van der Waals surface area (Å²) in [6, 6.07) is 3.31. The average Bonchev–Trinajstić information content (AvgIpc) is 3.09. The molecule has 3 aromatic rings. The number of nitro groups is 2. The van der Waals surface area contributed by atoms with Crippen LogP contribution in [0.25, 0.3) is 4.96 Å². The standard InChI is InChI=1S/C13H10N6O4S/c1-8-12(17-4-5-24-13(17)15-8)7-14-16-10-3-2-9(18(20)21)6-11(10)19(22)23/h2-7,16H,1H3/b14-7-. The molecule has 0 unspecified atom stereocenters. The molecule has 1 aromatic carbocycles. The van der Waals surface area contributed by atoms with Gasteiger partial charge in [-0.15, -0.1) is 11.3 Å². The Morgan fingerprint density at radius 3 is 2.83 bits per heavy atom. The summed E-state index contributed by atoms with van der Waals surface area (Å²) in [6.07, 6.45) is 3.34. The number of thiazole rings is 1. The molecule has 2 heterocycles. The Morgan fingerprint density at radius 1 is 1.33 bits per heavy atom. The van der Waals surface area contributed by atoms with Gasteiger partial charge >= 0.3 is 5.69 Å². The van der Waals surface area contributed by atoms with Gasteiger partial charge in [0, 0.05) is 17.6 Å². The number of hydrogen-bond donors (Lipinski definition) is 1. The van der Waals surface area contributed by atoms with Crippen molar-refractivity contribution >= 4 is 39.6 Å². The first kappa shape index (κ1) is 15.6. The van der Waals surface area contributed by atoms with Crippen LogP contribution in [-0.2, 0) is 0 Å². The summed E-state index contributed by atoms with van der Waals surface area (Å²) < 4.78 is 1.84. The molecule has 1 N–H and O–H groups in total. The number of benzene rings is 1. The number of fused-ring (bicyclic) bond motifs is 1. The van der Waals surface area contributed by atoms with E-state index >= 15 is 0 Å². The van der Waals surface area contributed by atoms with Gasteiger partial charge < -0.3 is 0 Å². The molecule has 0 bridgehead atoms. The second-order valence-electron chi connectivity index (χ2n) is 4.72. The van der Waals surface area contributed by atoms with Crippen LogP contribution in [0.2, 0.25) is 0 Å². The van der Waals surface area contributed by atoms with E-state index in [2.05, 4.69) is 15.5 Å². The molecule has 0 fully saturated rings. The zero-order valence-electron chi connectivity index (χ0n) is 12.2. The normalized spacial score (nSPS) is 11.2. The molecule has 2 aromatic heterocycles. The number of hydrogen-bond acceptors (Lipinski definition) is 8. The van der Waals surface area contributed by atoms with E-state index in [-0.39, 0.29) is 11.4 Å². The summed E-state index contributed by atoms with van der Waals surface area (Å²) in [7, 11) is 0. The van der Waals surface area contributed by atoms with Crippen molar-refractivity contribution in [3.8, 4) is 0 Å². The lowest BCUT2D eigenvalue weighted by Crippen LogP contribution is -1.99. The highest BCUT2D eigenvalue weighted by Gasteiger charge is 2.19. The first-order valence-corrected chi connectivity index (χ1v) is 7.49. The highest BCUT2D eigenvalue weighted by Crippen LogP contribution is 2.28. The maximum absolute atomic E-state index is 11.1. The number of nitrogens with zero attached hydrogens (tertiary/aromatic N) is 5. The zero-order valence-corrected chi connectivity index (χ0v) is 13.1. The van der Waals surface area contributed by atoms with E-state index in [9.17, 15) is 20.2 Å². The van der Waals surface area contributed by atoms with Crippen LogP contribution in [0.5, 0.6) is 0 Å². The SMILES string of the molecule is Cc1nc2sccn2c1/C=N\Nc1ccc([N+](=O)[O-])cc1[N+](=O)[O-]. The topological polar surface area (TPSA) is 128 Å². The Balaban J connectivity index is 1.88. The Kier molecular flexibility index (Phi) is 3.92. The summed E-state index contributed by atoms with van der Waals surface area (Å²) in [5.74, 6) is 0. The molecule has 10 nitrogen and oxygen atoms in total. The Morgan fingerprint density at radius 2 is 2.12 bits per heavy atom. The van der Waals surface area contributed by atoms with E-state index in [0.29, 0.717) is 0 Å². The summed E-state index contributed by atoms with van der Waals surface area (Å²) in [4.78, 5) is 25.6. The Hall–Kier alpha value is -3.34. The van der Waals surface area contributed by atoms with Crippen LogP contribution < -0.4 is 5.43 Å². The number of nitro benzene ring substituents is 2. The average molecular weight is 346 g/mol. The quantitative estimate of drug-likeness (QED) is 0.429. The highest BCUT2D eigenvalue weighted by molar-refractivity contribution is 7.15. The van der Waals surface area contributed by atoms with Gasteiger partial charge in [-0.3, -0.25) is 30.1 Å². The summed E-state index contributed by atoms with van der Waals surface area (Å²) >= 11 is 1.48. The van der Waals surface area contributed by atoms with Crippen molar-refractivity contribution < 1.29 is 9.85 Å². The van der Waals surface area contributed by atoms with Crippen molar-refractivity contribution in [3.63, 3.8) is 0 Å². The van der Waals surface area contributed by atoms with Crippen molar-refractivity contribution in [1.82, 2.24) is 9.38 Å². The molecule has 0 saturated heterocycles. The second-order valence-corrected chi connectivity index (χ2v) is 5.60. The molecule has 0 aliphatic rings. The van der Waals surface area contributed by atoms with Crippen LogP contribution in [0, 0.1) is 27.2 Å². The summed E-state index contributed by atoms with van der Waals surface area (Å²) in [5.41, 5.74) is 3.34. The van der Waals surface area contributed by atoms with Gasteiger partial charge in [0.2, 0.25) is 0 Å². The molecule has 0 radical (unpaired) electrons. The van der Waals surface area contributed by atoms with E-state index < -0.39 is 15.5 Å². The molecule has 0 saturated carbocycles. The van der Waals surface area contributed by atoms with E-state index in [0.717, 1.165) is 22.4 Å². The first-order chi connectivity index (χ1) is 11.5. The van der Waals surface area contributed by atoms with E-state index in [1.54, 1.807) is 0 Å². The molecule has 0 aliphatic heterocycles. The smallest absolute Gasteiger partial charge is 0.289 e. The Labute approximate surface area is 138 Å². The van der Waals surface area contributed by atoms with Crippen molar-refractivity contribution in [2.75, 3.05) is 5.43 Å². The number of hydrazone groups is 1.